The lowest BCUT2D eigenvalue weighted by molar-refractivity contribution is -0.192. The molecule has 1 unspecified atom stereocenters. The van der Waals surface area contributed by atoms with Crippen LogP contribution in [0.25, 0.3) is 0 Å². The molecular formula is C19H25F3N4O4. The van der Waals surface area contributed by atoms with Crippen molar-refractivity contribution >= 4 is 5.97 Å². The number of carboxylic acids is 1. The minimum Gasteiger partial charge on any atom is -0.475 e. The number of alkyl halides is 3. The molecule has 1 N–H and O–H groups in total. The Labute approximate surface area is 171 Å². The summed E-state index contributed by atoms with van der Waals surface area (Å²) in [5, 5.41) is 11.2. The van der Waals surface area contributed by atoms with E-state index in [0.717, 1.165) is 49.4 Å². The van der Waals surface area contributed by atoms with Crippen LogP contribution in [-0.2, 0) is 29.2 Å². The molecule has 2 aliphatic rings. The highest BCUT2D eigenvalue weighted by Crippen LogP contribution is 2.30. The lowest BCUT2D eigenvalue weighted by atomic mass is 10.2. The van der Waals surface area contributed by atoms with Crippen molar-refractivity contribution in [2.45, 2.75) is 58.6 Å². The van der Waals surface area contributed by atoms with Gasteiger partial charge in [0.2, 0.25) is 0 Å². The molecule has 0 aromatic carbocycles. The molecule has 8 nitrogen and oxygen atoms in total. The molecule has 0 spiro atoms. The van der Waals surface area contributed by atoms with E-state index in [0.29, 0.717) is 6.61 Å². The van der Waals surface area contributed by atoms with Gasteiger partial charge in [0.25, 0.3) is 0 Å². The van der Waals surface area contributed by atoms with Crippen LogP contribution in [0.4, 0.5) is 13.2 Å². The Morgan fingerprint density at radius 2 is 2.07 bits per heavy atom. The largest absolute Gasteiger partial charge is 0.490 e. The summed E-state index contributed by atoms with van der Waals surface area (Å²) in [5.41, 5.74) is 2.19. The molecule has 1 saturated carbocycles. The third-order valence-electron chi connectivity index (χ3n) is 5.09. The zero-order chi connectivity index (χ0) is 21.9. The molecule has 0 radical (unpaired) electrons. The van der Waals surface area contributed by atoms with Gasteiger partial charge in [-0.2, -0.15) is 13.2 Å². The number of aryl methyl sites for hydroxylation is 1. The van der Waals surface area contributed by atoms with Crippen LogP contribution in [0, 0.1) is 12.8 Å². The molecule has 0 bridgehead atoms. The number of hydrogen-bond donors (Lipinski definition) is 1. The van der Waals surface area contributed by atoms with E-state index in [2.05, 4.69) is 26.5 Å². The Kier molecular flexibility index (Phi) is 6.81. The first-order valence-corrected chi connectivity index (χ1v) is 9.73. The Bertz CT molecular complexity index is 860. The Morgan fingerprint density at radius 3 is 2.63 bits per heavy atom. The van der Waals surface area contributed by atoms with Crippen LogP contribution < -0.4 is 0 Å². The smallest absolute Gasteiger partial charge is 0.475 e. The number of fused-ring (bicyclic) bond motifs is 1. The Hall–Kier alpha value is -2.40. The van der Waals surface area contributed by atoms with Gasteiger partial charge in [0.05, 0.1) is 30.2 Å². The minimum atomic E-state index is -5.08. The van der Waals surface area contributed by atoms with Crippen LogP contribution in [0.3, 0.4) is 0 Å². The summed E-state index contributed by atoms with van der Waals surface area (Å²) < 4.78 is 45.1. The van der Waals surface area contributed by atoms with Crippen LogP contribution >= 0.6 is 0 Å². The van der Waals surface area contributed by atoms with E-state index in [9.17, 15) is 13.2 Å². The summed E-state index contributed by atoms with van der Waals surface area (Å²) in [7, 11) is 0. The number of rotatable bonds is 6. The summed E-state index contributed by atoms with van der Waals surface area (Å²) in [5.74, 6) is 0.0364. The zero-order valence-electron chi connectivity index (χ0n) is 16.9. The van der Waals surface area contributed by atoms with Crippen molar-refractivity contribution in [3.8, 4) is 0 Å². The van der Waals surface area contributed by atoms with E-state index in [4.69, 9.17) is 19.2 Å². The van der Waals surface area contributed by atoms with Crippen molar-refractivity contribution in [1.82, 2.24) is 19.6 Å². The highest BCUT2D eigenvalue weighted by atomic mass is 19.4. The van der Waals surface area contributed by atoms with Crippen LogP contribution in [0.1, 0.15) is 48.8 Å². The number of aromatic nitrogens is 3. The topological polar surface area (TPSA) is 93.6 Å². The number of aliphatic carboxylic acids is 1. The normalized spacial score (nSPS) is 19.2. The van der Waals surface area contributed by atoms with Gasteiger partial charge >= 0.3 is 12.1 Å². The fourth-order valence-electron chi connectivity index (χ4n) is 3.25. The van der Waals surface area contributed by atoms with Gasteiger partial charge in [-0.1, -0.05) is 5.16 Å². The average Bonchev–Trinajstić information content (AvgIpc) is 3.26. The number of hydrogen-bond acceptors (Lipinski definition) is 6. The second kappa shape index (κ2) is 9.17. The summed E-state index contributed by atoms with van der Waals surface area (Å²) >= 11 is 0. The lowest BCUT2D eigenvalue weighted by Crippen LogP contribution is -2.37. The molecule has 3 heterocycles. The van der Waals surface area contributed by atoms with Crippen LogP contribution in [0.15, 0.2) is 16.8 Å². The maximum absolute atomic E-state index is 10.6. The summed E-state index contributed by atoms with van der Waals surface area (Å²) in [6.07, 6.45) is -0.446. The molecule has 0 saturated heterocycles. The molecule has 0 amide bonds. The SMILES string of the molecule is Cc1cc(CN2CCn3c(COCC4CC4)cnc3C2C)no1.O=C(O)C(F)(F)F. The predicted molar refractivity (Wildman–Crippen MR) is 98.4 cm³/mol. The molecule has 1 fully saturated rings. The van der Waals surface area contributed by atoms with Crippen LogP contribution in [-0.4, -0.2) is 50.0 Å². The second-order valence-corrected chi connectivity index (χ2v) is 7.60. The van der Waals surface area contributed by atoms with Crippen molar-refractivity contribution in [3.05, 3.63) is 35.2 Å². The van der Waals surface area contributed by atoms with Crippen molar-refractivity contribution in [3.63, 3.8) is 0 Å². The number of carbonyl (C=O) groups is 1. The molecule has 166 valence electrons. The Balaban J connectivity index is 0.000000318. The fraction of sp³-hybridized carbons (Fsp3) is 0.632. The Morgan fingerprint density at radius 1 is 1.37 bits per heavy atom. The predicted octanol–water partition coefficient (Wildman–Crippen LogP) is 3.32. The van der Waals surface area contributed by atoms with Gasteiger partial charge in [0, 0.05) is 32.3 Å². The number of imidazole rings is 1. The monoisotopic (exact) mass is 430 g/mol. The molecule has 4 rings (SSSR count). The average molecular weight is 430 g/mol. The molecular weight excluding hydrogens is 405 g/mol. The molecule has 2 aromatic rings. The van der Waals surface area contributed by atoms with Crippen molar-refractivity contribution in [2.75, 3.05) is 13.2 Å². The first-order chi connectivity index (χ1) is 14.1. The third-order valence-corrected chi connectivity index (χ3v) is 5.09. The molecule has 1 aliphatic carbocycles. The van der Waals surface area contributed by atoms with Gasteiger partial charge in [-0.15, -0.1) is 0 Å². The molecule has 1 atom stereocenters. The summed E-state index contributed by atoms with van der Waals surface area (Å²) in [6, 6.07) is 2.28. The summed E-state index contributed by atoms with van der Waals surface area (Å²) in [6.45, 7) is 8.46. The standard InChI is InChI=1S/C17H24N4O2.C2HF3O2/c1-12-7-15(19-23-12)9-20-5-6-21-16(8-18-17(21)13(20)2)11-22-10-14-3-4-14;3-2(4,5)1(6)7/h7-8,13-14H,3-6,9-11H2,1-2H3;(H,6,7). The van der Waals surface area contributed by atoms with Gasteiger partial charge in [-0.05, 0) is 32.6 Å². The molecule has 2 aromatic heterocycles. The van der Waals surface area contributed by atoms with Gasteiger partial charge in [0.15, 0.2) is 0 Å². The van der Waals surface area contributed by atoms with E-state index in [-0.39, 0.29) is 6.04 Å². The lowest BCUT2D eigenvalue weighted by Gasteiger charge is -2.33. The summed E-state index contributed by atoms with van der Waals surface area (Å²) in [4.78, 5) is 15.9. The quantitative estimate of drug-likeness (QED) is 0.751. The van der Waals surface area contributed by atoms with Gasteiger partial charge < -0.3 is 18.9 Å². The number of ether oxygens (including phenoxy) is 1. The van der Waals surface area contributed by atoms with Crippen molar-refractivity contribution < 1.29 is 32.3 Å². The number of nitrogens with zero attached hydrogens (tertiary/aromatic N) is 4. The first kappa shape index (κ1) is 22.3. The van der Waals surface area contributed by atoms with Gasteiger partial charge in [0.1, 0.15) is 11.6 Å². The van der Waals surface area contributed by atoms with Crippen LogP contribution in [0.5, 0.6) is 0 Å². The van der Waals surface area contributed by atoms with Crippen LogP contribution in [0.2, 0.25) is 0 Å². The maximum Gasteiger partial charge on any atom is 0.490 e. The van der Waals surface area contributed by atoms with E-state index < -0.39 is 12.1 Å². The van der Waals surface area contributed by atoms with Gasteiger partial charge in [-0.3, -0.25) is 4.90 Å². The minimum absolute atomic E-state index is 0.276. The van der Waals surface area contributed by atoms with E-state index >= 15 is 0 Å². The maximum atomic E-state index is 10.6. The highest BCUT2D eigenvalue weighted by molar-refractivity contribution is 5.73. The molecule has 1 aliphatic heterocycles. The number of halogens is 3. The van der Waals surface area contributed by atoms with Crippen molar-refractivity contribution in [1.29, 1.82) is 0 Å². The fourth-order valence-corrected chi connectivity index (χ4v) is 3.25. The van der Waals surface area contributed by atoms with E-state index in [1.54, 1.807) is 0 Å². The zero-order valence-corrected chi connectivity index (χ0v) is 16.9. The first-order valence-electron chi connectivity index (χ1n) is 9.73. The third kappa shape index (κ3) is 5.82. The second-order valence-electron chi connectivity index (χ2n) is 7.60. The number of carboxylic acid groups (broad SMARTS) is 1. The molecule has 30 heavy (non-hydrogen) atoms. The van der Waals surface area contributed by atoms with E-state index in [1.807, 2.05) is 19.2 Å². The molecule has 11 heteroatoms. The highest BCUT2D eigenvalue weighted by Gasteiger charge is 2.38. The van der Waals surface area contributed by atoms with Gasteiger partial charge in [-0.25, -0.2) is 9.78 Å². The van der Waals surface area contributed by atoms with Crippen molar-refractivity contribution in [2.24, 2.45) is 5.92 Å². The van der Waals surface area contributed by atoms with E-state index in [1.165, 1.54) is 18.5 Å².